The van der Waals surface area contributed by atoms with Crippen LogP contribution in [-0.2, 0) is 19.6 Å². The van der Waals surface area contributed by atoms with Crippen molar-refractivity contribution in [1.82, 2.24) is 4.90 Å². The summed E-state index contributed by atoms with van der Waals surface area (Å²) in [6.07, 6.45) is 0. The third kappa shape index (κ3) is 4.16. The Morgan fingerprint density at radius 1 is 0.905 bits per heavy atom. The maximum absolute atomic E-state index is 5.84. The molecule has 0 unspecified atom stereocenters. The number of nitrogens with two attached hydrogens (primary N) is 1. The van der Waals surface area contributed by atoms with Crippen LogP contribution in [0.1, 0.15) is 34.7 Å². The van der Waals surface area contributed by atoms with Gasteiger partial charge in [-0.2, -0.15) is 0 Å². The van der Waals surface area contributed by atoms with Crippen LogP contribution in [0.5, 0.6) is 0 Å². The lowest BCUT2D eigenvalue weighted by Gasteiger charge is -2.22. The van der Waals surface area contributed by atoms with Crippen LogP contribution in [0.3, 0.4) is 0 Å². The van der Waals surface area contributed by atoms with E-state index in [1.807, 2.05) is 0 Å². The van der Waals surface area contributed by atoms with Gasteiger partial charge < -0.3 is 5.73 Å². The summed E-state index contributed by atoms with van der Waals surface area (Å²) < 4.78 is 0. The monoisotopic (exact) mass is 282 g/mol. The van der Waals surface area contributed by atoms with Crippen molar-refractivity contribution < 1.29 is 0 Å². The zero-order valence-electron chi connectivity index (χ0n) is 13.4. The van der Waals surface area contributed by atoms with Gasteiger partial charge in [-0.3, -0.25) is 4.90 Å². The molecule has 2 aromatic carbocycles. The van der Waals surface area contributed by atoms with Crippen molar-refractivity contribution in [2.24, 2.45) is 5.73 Å². The molecule has 2 rings (SSSR count). The zero-order chi connectivity index (χ0) is 15.2. The van der Waals surface area contributed by atoms with E-state index in [0.717, 1.165) is 19.6 Å². The Bertz CT molecular complexity index is 590. The Hall–Kier alpha value is -1.64. The Morgan fingerprint density at radius 2 is 1.62 bits per heavy atom. The van der Waals surface area contributed by atoms with E-state index in [-0.39, 0.29) is 0 Å². The molecule has 2 N–H and O–H groups in total. The number of nitrogens with zero attached hydrogens (tertiary/aromatic N) is 1. The highest BCUT2D eigenvalue weighted by Crippen LogP contribution is 2.16. The van der Waals surface area contributed by atoms with Crippen molar-refractivity contribution in [3.63, 3.8) is 0 Å². The average Bonchev–Trinajstić information content (AvgIpc) is 2.50. The Kier molecular flexibility index (Phi) is 5.54. The summed E-state index contributed by atoms with van der Waals surface area (Å²) in [4.78, 5) is 2.46. The van der Waals surface area contributed by atoms with Crippen molar-refractivity contribution >= 4 is 0 Å². The molecule has 112 valence electrons. The van der Waals surface area contributed by atoms with Crippen LogP contribution in [0, 0.1) is 13.8 Å². The summed E-state index contributed by atoms with van der Waals surface area (Å²) in [5, 5.41) is 0. The van der Waals surface area contributed by atoms with Gasteiger partial charge in [0.25, 0.3) is 0 Å². The van der Waals surface area contributed by atoms with E-state index in [1.54, 1.807) is 0 Å². The molecule has 0 fully saturated rings. The number of benzene rings is 2. The molecule has 0 saturated carbocycles. The second-order valence-electron chi connectivity index (χ2n) is 5.69. The quantitative estimate of drug-likeness (QED) is 0.873. The van der Waals surface area contributed by atoms with Crippen molar-refractivity contribution in [2.45, 2.75) is 40.4 Å². The summed E-state index contributed by atoms with van der Waals surface area (Å²) in [6, 6.07) is 15.2. The van der Waals surface area contributed by atoms with Gasteiger partial charge in [0.05, 0.1) is 0 Å². The molecule has 0 radical (unpaired) electrons. The topological polar surface area (TPSA) is 29.3 Å². The first-order valence-electron chi connectivity index (χ1n) is 7.69. The van der Waals surface area contributed by atoms with E-state index >= 15 is 0 Å². The molecule has 21 heavy (non-hydrogen) atoms. The molecular weight excluding hydrogens is 256 g/mol. The molecule has 0 bridgehead atoms. The van der Waals surface area contributed by atoms with Crippen molar-refractivity contribution in [1.29, 1.82) is 0 Å². The lowest BCUT2D eigenvalue weighted by Crippen LogP contribution is -2.23. The summed E-state index contributed by atoms with van der Waals surface area (Å²) in [6.45, 7) is 10.1. The summed E-state index contributed by atoms with van der Waals surface area (Å²) in [5.41, 5.74) is 12.5. The van der Waals surface area contributed by atoms with Gasteiger partial charge in [0.1, 0.15) is 0 Å². The Morgan fingerprint density at radius 3 is 2.24 bits per heavy atom. The van der Waals surface area contributed by atoms with E-state index in [9.17, 15) is 0 Å². The molecule has 0 aliphatic carbocycles. The molecule has 0 amide bonds. The molecule has 0 spiro atoms. The SMILES string of the molecule is CCN(Cc1ccc(C)c(C)c1)Cc1ccccc1CN. The van der Waals surface area contributed by atoms with Gasteiger partial charge in [0, 0.05) is 19.6 Å². The predicted molar refractivity (Wildman–Crippen MR) is 90.0 cm³/mol. The van der Waals surface area contributed by atoms with Crippen LogP contribution < -0.4 is 5.73 Å². The third-order valence-electron chi connectivity index (χ3n) is 4.16. The van der Waals surface area contributed by atoms with Crippen LogP contribution >= 0.6 is 0 Å². The highest BCUT2D eigenvalue weighted by molar-refractivity contribution is 5.30. The number of hydrogen-bond donors (Lipinski definition) is 1. The van der Waals surface area contributed by atoms with Crippen LogP contribution in [0.4, 0.5) is 0 Å². The minimum absolute atomic E-state index is 0.608. The van der Waals surface area contributed by atoms with E-state index in [4.69, 9.17) is 5.73 Å². The van der Waals surface area contributed by atoms with E-state index in [2.05, 4.69) is 68.1 Å². The normalized spacial score (nSPS) is 11.1. The smallest absolute Gasteiger partial charge is 0.0240 e. The van der Waals surface area contributed by atoms with Crippen molar-refractivity contribution in [3.05, 3.63) is 70.3 Å². The average molecular weight is 282 g/mol. The third-order valence-corrected chi connectivity index (χ3v) is 4.16. The van der Waals surface area contributed by atoms with Gasteiger partial charge in [0.15, 0.2) is 0 Å². The van der Waals surface area contributed by atoms with Gasteiger partial charge in [-0.25, -0.2) is 0 Å². The lowest BCUT2D eigenvalue weighted by atomic mass is 10.0. The summed E-state index contributed by atoms with van der Waals surface area (Å²) in [5.74, 6) is 0. The fourth-order valence-electron chi connectivity index (χ4n) is 2.59. The standard InChI is InChI=1S/C19H26N2/c1-4-21(13-17-10-9-15(2)16(3)11-17)14-19-8-6-5-7-18(19)12-20/h5-11H,4,12-14,20H2,1-3H3. The molecule has 0 heterocycles. The minimum atomic E-state index is 0.608. The second kappa shape index (κ2) is 7.39. The van der Waals surface area contributed by atoms with Gasteiger partial charge in [0.2, 0.25) is 0 Å². The summed E-state index contributed by atoms with van der Waals surface area (Å²) >= 11 is 0. The molecule has 0 atom stereocenters. The Labute approximate surface area is 128 Å². The van der Waals surface area contributed by atoms with E-state index in [0.29, 0.717) is 6.54 Å². The van der Waals surface area contributed by atoms with Crippen molar-refractivity contribution in [2.75, 3.05) is 6.54 Å². The number of rotatable bonds is 6. The molecule has 2 heteroatoms. The maximum atomic E-state index is 5.84. The first kappa shape index (κ1) is 15.7. The molecule has 0 aliphatic heterocycles. The van der Waals surface area contributed by atoms with Gasteiger partial charge in [-0.1, -0.05) is 49.4 Å². The molecular formula is C19H26N2. The highest BCUT2D eigenvalue weighted by atomic mass is 15.1. The van der Waals surface area contributed by atoms with E-state index in [1.165, 1.54) is 27.8 Å². The Balaban J connectivity index is 2.11. The second-order valence-corrected chi connectivity index (χ2v) is 5.69. The van der Waals surface area contributed by atoms with E-state index < -0.39 is 0 Å². The molecule has 2 nitrogen and oxygen atoms in total. The highest BCUT2D eigenvalue weighted by Gasteiger charge is 2.08. The first-order valence-corrected chi connectivity index (χ1v) is 7.69. The molecule has 0 aliphatic rings. The van der Waals surface area contributed by atoms with Crippen LogP contribution in [0.15, 0.2) is 42.5 Å². The van der Waals surface area contributed by atoms with Crippen molar-refractivity contribution in [3.8, 4) is 0 Å². The fourth-order valence-corrected chi connectivity index (χ4v) is 2.59. The number of aryl methyl sites for hydroxylation is 2. The number of hydrogen-bond acceptors (Lipinski definition) is 2. The minimum Gasteiger partial charge on any atom is -0.326 e. The zero-order valence-corrected chi connectivity index (χ0v) is 13.4. The van der Waals surface area contributed by atoms with Gasteiger partial charge in [-0.05, 0) is 48.2 Å². The predicted octanol–water partition coefficient (Wildman–Crippen LogP) is 3.78. The molecule has 2 aromatic rings. The van der Waals surface area contributed by atoms with Crippen LogP contribution in [-0.4, -0.2) is 11.4 Å². The fraction of sp³-hybridized carbons (Fsp3) is 0.368. The van der Waals surface area contributed by atoms with Crippen LogP contribution in [0.25, 0.3) is 0 Å². The molecule has 0 aromatic heterocycles. The van der Waals surface area contributed by atoms with Gasteiger partial charge >= 0.3 is 0 Å². The van der Waals surface area contributed by atoms with Gasteiger partial charge in [-0.15, -0.1) is 0 Å². The first-order chi connectivity index (χ1) is 10.1. The summed E-state index contributed by atoms with van der Waals surface area (Å²) in [7, 11) is 0. The largest absolute Gasteiger partial charge is 0.326 e. The lowest BCUT2D eigenvalue weighted by molar-refractivity contribution is 0.270. The molecule has 0 saturated heterocycles. The maximum Gasteiger partial charge on any atom is 0.0240 e. The van der Waals surface area contributed by atoms with Crippen LogP contribution in [0.2, 0.25) is 0 Å².